The minimum Gasteiger partial charge on any atom is -0.334 e. The van der Waals surface area contributed by atoms with Crippen LogP contribution in [-0.4, -0.2) is 97.6 Å². The highest BCUT2D eigenvalue weighted by molar-refractivity contribution is 7.88. The Morgan fingerprint density at radius 2 is 1.57 bits per heavy atom. The molecule has 1 aliphatic carbocycles. The molecule has 0 radical (unpaired) electrons. The van der Waals surface area contributed by atoms with Crippen LogP contribution in [0.5, 0.6) is 0 Å². The number of urea groups is 2. The van der Waals surface area contributed by atoms with Crippen molar-refractivity contribution in [3.63, 3.8) is 0 Å². The first-order chi connectivity index (χ1) is 22.4. The number of nitrogens with one attached hydrogen (secondary N) is 4. The lowest BCUT2D eigenvalue weighted by atomic mass is 9.85. The molecule has 6 amide bonds. The third-order valence-corrected chi connectivity index (χ3v) is 11.4. The van der Waals surface area contributed by atoms with E-state index in [2.05, 4.69) is 35.2 Å². The smallest absolute Gasteiger partial charge is 0.334 e. The minimum atomic E-state index is -3.49. The number of likely N-dealkylation sites (tertiary alicyclic amines) is 1. The summed E-state index contributed by atoms with van der Waals surface area (Å²) in [6.45, 7) is 19.8. The molecule has 14 heteroatoms. The van der Waals surface area contributed by atoms with E-state index in [1.807, 2.05) is 85.7 Å². The van der Waals surface area contributed by atoms with E-state index in [-0.39, 0.29) is 36.4 Å². The zero-order chi connectivity index (χ0) is 37.3. The van der Waals surface area contributed by atoms with E-state index in [4.69, 9.17) is 0 Å². The van der Waals surface area contributed by atoms with Gasteiger partial charge in [0.1, 0.15) is 12.1 Å². The summed E-state index contributed by atoms with van der Waals surface area (Å²) in [6.07, 6.45) is 1.70. The van der Waals surface area contributed by atoms with E-state index in [0.29, 0.717) is 13.0 Å². The quantitative estimate of drug-likeness (QED) is 0.257. The third-order valence-electron chi connectivity index (χ3n) is 10.1. The Hall–Kier alpha value is -3.39. The van der Waals surface area contributed by atoms with Crippen molar-refractivity contribution in [2.45, 2.75) is 99.8 Å². The molecule has 2 fully saturated rings. The Morgan fingerprint density at radius 1 is 0.980 bits per heavy atom. The Morgan fingerprint density at radius 3 is 2.08 bits per heavy atom. The molecule has 1 saturated heterocycles. The first kappa shape index (κ1) is 40.0. The number of likely N-dealkylation sites (N-methyl/N-ethyl adjacent to an activating group) is 1. The number of carbonyl (C=O) groups excluding carboxylic acids is 4. The number of amides is 6. The van der Waals surface area contributed by atoms with Gasteiger partial charge in [0.25, 0.3) is 5.91 Å². The molecule has 2 aliphatic rings. The lowest BCUT2D eigenvalue weighted by Gasteiger charge is -2.39. The van der Waals surface area contributed by atoms with Gasteiger partial charge in [-0.15, -0.1) is 0 Å². The third kappa shape index (κ3) is 9.65. The van der Waals surface area contributed by atoms with Crippen molar-refractivity contribution >= 4 is 33.9 Å². The van der Waals surface area contributed by atoms with Crippen LogP contribution < -0.4 is 21.4 Å². The molecule has 6 atom stereocenters. The zero-order valence-corrected chi connectivity index (χ0v) is 32.2. The fourth-order valence-corrected chi connectivity index (χ4v) is 7.03. The number of carbonyl (C=O) groups is 4. The molecule has 1 heterocycles. The van der Waals surface area contributed by atoms with Gasteiger partial charge in [-0.25, -0.2) is 27.3 Å². The fourth-order valence-electron chi connectivity index (χ4n) is 6.61. The van der Waals surface area contributed by atoms with Crippen LogP contribution in [0.25, 0.3) is 0 Å². The molecule has 49 heavy (non-hydrogen) atoms. The Balaban J connectivity index is 1.82. The molecule has 3 rings (SSSR count). The van der Waals surface area contributed by atoms with E-state index >= 15 is 0 Å². The van der Waals surface area contributed by atoms with Gasteiger partial charge >= 0.3 is 12.1 Å². The van der Waals surface area contributed by atoms with E-state index in [1.165, 1.54) is 16.4 Å². The van der Waals surface area contributed by atoms with Crippen LogP contribution in [0, 0.1) is 28.1 Å². The summed E-state index contributed by atoms with van der Waals surface area (Å²) in [5.74, 6) is -0.867. The fraction of sp³-hybridized carbons (Fsp3) is 0.714. The number of rotatable bonds is 11. The van der Waals surface area contributed by atoms with Gasteiger partial charge in [0, 0.05) is 32.7 Å². The molecular weight excluding hydrogens is 646 g/mol. The van der Waals surface area contributed by atoms with Gasteiger partial charge < -0.3 is 20.9 Å². The number of hydrogen-bond donors (Lipinski definition) is 4. The van der Waals surface area contributed by atoms with E-state index in [0.717, 1.165) is 11.8 Å². The highest BCUT2D eigenvalue weighted by Gasteiger charge is 2.70. The second-order valence-corrected chi connectivity index (χ2v) is 18.6. The molecule has 1 aliphatic heterocycles. The van der Waals surface area contributed by atoms with Crippen molar-refractivity contribution in [1.82, 2.24) is 35.6 Å². The van der Waals surface area contributed by atoms with Crippen molar-refractivity contribution < 1.29 is 27.6 Å². The maximum Gasteiger partial charge on any atom is 0.336 e. The number of nitrogens with zero attached hydrogens (tertiary/aromatic N) is 3. The van der Waals surface area contributed by atoms with E-state index in [1.54, 1.807) is 4.90 Å². The largest absolute Gasteiger partial charge is 0.336 e. The normalized spacial score (nSPS) is 22.0. The molecule has 0 unspecified atom stereocenters. The van der Waals surface area contributed by atoms with Gasteiger partial charge in [-0.1, -0.05) is 92.6 Å². The molecule has 1 aromatic carbocycles. The first-order valence-electron chi connectivity index (χ1n) is 17.1. The van der Waals surface area contributed by atoms with Gasteiger partial charge in [0.05, 0.1) is 12.3 Å². The molecular formula is C35H59N7O6S. The summed E-state index contributed by atoms with van der Waals surface area (Å²) in [4.78, 5) is 56.9. The summed E-state index contributed by atoms with van der Waals surface area (Å²) < 4.78 is 25.4. The molecule has 0 aromatic heterocycles. The Kier molecular flexibility index (Phi) is 12.1. The monoisotopic (exact) mass is 705 g/mol. The summed E-state index contributed by atoms with van der Waals surface area (Å²) in [6, 6.07) is 5.76. The summed E-state index contributed by atoms with van der Waals surface area (Å²) in [5, 5.41) is 9.99. The number of hydrogen-bond acceptors (Lipinski definition) is 6. The average Bonchev–Trinajstić information content (AvgIpc) is 3.29. The minimum absolute atomic E-state index is 0.0443. The van der Waals surface area contributed by atoms with Crippen LogP contribution in [0.3, 0.4) is 0 Å². The SMILES string of the molecule is CCCN(NC(=O)[C@@H]1[C@@H]2[C@H](CN1C(=O)[C@@H](NC(=O)N[C@H](CN(C)S(C)(=O)=O)C(C)(C)C)C(C)(C)C)C2(C)C)C(=O)N[C@@H](C)c1ccccc1. The lowest BCUT2D eigenvalue weighted by Crippen LogP contribution is -2.63. The maximum atomic E-state index is 14.4. The maximum absolute atomic E-state index is 14.4. The predicted molar refractivity (Wildman–Crippen MR) is 190 cm³/mol. The molecule has 13 nitrogen and oxygen atoms in total. The van der Waals surface area contributed by atoms with Gasteiger partial charge in [-0.05, 0) is 47.0 Å². The van der Waals surface area contributed by atoms with Crippen molar-refractivity contribution in [2.24, 2.45) is 28.1 Å². The number of benzene rings is 1. The van der Waals surface area contributed by atoms with Gasteiger partial charge in [-0.3, -0.25) is 15.0 Å². The van der Waals surface area contributed by atoms with Gasteiger partial charge in [-0.2, -0.15) is 0 Å². The predicted octanol–water partition coefficient (Wildman–Crippen LogP) is 3.70. The molecule has 4 N–H and O–H groups in total. The summed E-state index contributed by atoms with van der Waals surface area (Å²) in [5.41, 5.74) is 2.34. The second-order valence-electron chi connectivity index (χ2n) is 16.5. The Bertz CT molecular complexity index is 1470. The van der Waals surface area contributed by atoms with Gasteiger partial charge in [0.15, 0.2) is 0 Å². The van der Waals surface area contributed by atoms with Crippen molar-refractivity contribution in [1.29, 1.82) is 0 Å². The topological polar surface area (TPSA) is 160 Å². The summed E-state index contributed by atoms with van der Waals surface area (Å²) in [7, 11) is -2.04. The van der Waals surface area contributed by atoms with Crippen LogP contribution in [0.15, 0.2) is 30.3 Å². The Labute approximate surface area is 293 Å². The average molecular weight is 706 g/mol. The number of sulfonamides is 1. The van der Waals surface area contributed by atoms with Crippen molar-refractivity contribution in [3.05, 3.63) is 35.9 Å². The van der Waals surface area contributed by atoms with Gasteiger partial charge in [0.2, 0.25) is 15.9 Å². The highest BCUT2D eigenvalue weighted by Crippen LogP contribution is 2.65. The molecule has 1 saturated carbocycles. The van der Waals surface area contributed by atoms with Crippen LogP contribution in [0.1, 0.15) is 87.3 Å². The number of fused-ring (bicyclic) bond motifs is 1. The van der Waals surface area contributed by atoms with E-state index < -0.39 is 62.9 Å². The zero-order valence-electron chi connectivity index (χ0n) is 31.4. The standard InChI is InChI=1S/C35H59N7O6S/c1-13-19-42(32(46)36-22(2)23-17-15-14-16-18-23)39-29(43)27-26-24(35(26,9)10)20-41(27)30(44)28(34(6,7)8)38-31(45)37-25(33(3,4)5)21-40(11)49(12,47)48/h14-18,22,24-28H,13,19-21H2,1-12H3,(H,36,46)(H,39,43)(H2,37,38,45)/t22-,24-,25+,26-,27-,28+/m0/s1. The van der Waals surface area contributed by atoms with E-state index in [9.17, 15) is 27.6 Å². The summed E-state index contributed by atoms with van der Waals surface area (Å²) >= 11 is 0. The van der Waals surface area contributed by atoms with Crippen LogP contribution in [0.4, 0.5) is 9.59 Å². The second kappa shape index (κ2) is 14.8. The highest BCUT2D eigenvalue weighted by atomic mass is 32.2. The van der Waals surface area contributed by atoms with Crippen LogP contribution in [-0.2, 0) is 19.6 Å². The van der Waals surface area contributed by atoms with Crippen LogP contribution >= 0.6 is 0 Å². The molecule has 0 spiro atoms. The van der Waals surface area contributed by atoms with Crippen molar-refractivity contribution in [3.8, 4) is 0 Å². The number of hydrazine groups is 1. The molecule has 0 bridgehead atoms. The van der Waals surface area contributed by atoms with Crippen molar-refractivity contribution in [2.75, 3.05) is 32.9 Å². The lowest BCUT2D eigenvalue weighted by molar-refractivity contribution is -0.145. The first-order valence-corrected chi connectivity index (χ1v) is 19.0. The molecule has 276 valence electrons. The number of piperidine rings is 1. The van der Waals surface area contributed by atoms with Crippen LogP contribution in [0.2, 0.25) is 0 Å². The molecule has 1 aromatic rings.